The molecule has 1 fully saturated rings. The zero-order valence-electron chi connectivity index (χ0n) is 9.80. The van der Waals surface area contributed by atoms with Crippen molar-refractivity contribution < 1.29 is 13.2 Å². The van der Waals surface area contributed by atoms with Crippen LogP contribution in [0.2, 0.25) is 5.02 Å². The first-order valence-electron chi connectivity index (χ1n) is 5.73. The lowest BCUT2D eigenvalue weighted by Gasteiger charge is -2.11. The second kappa shape index (κ2) is 5.97. The average molecular weight is 291 g/mol. The molecular weight excluding hydrogens is 276 g/mol. The fourth-order valence-corrected chi connectivity index (χ4v) is 3.28. The van der Waals surface area contributed by atoms with Gasteiger partial charge in [0.25, 0.3) is 0 Å². The van der Waals surface area contributed by atoms with Crippen LogP contribution in [0.5, 0.6) is 0 Å². The van der Waals surface area contributed by atoms with Gasteiger partial charge in [0.05, 0.1) is 16.9 Å². The van der Waals surface area contributed by atoms with Crippen molar-refractivity contribution >= 4 is 21.6 Å². The maximum absolute atomic E-state index is 11.8. The number of hydrogen-bond donors (Lipinski definition) is 1. The monoisotopic (exact) mass is 290 g/mol. The smallest absolute Gasteiger partial charge is 0.214 e. The highest BCUT2D eigenvalue weighted by Gasteiger charge is 2.22. The maximum Gasteiger partial charge on any atom is 0.214 e. The van der Waals surface area contributed by atoms with Gasteiger partial charge in [0.15, 0.2) is 0 Å². The molecule has 1 atom stereocenters. The van der Waals surface area contributed by atoms with E-state index in [-0.39, 0.29) is 18.4 Å². The van der Waals surface area contributed by atoms with Crippen LogP contribution in [-0.2, 0) is 21.3 Å². The number of aromatic nitrogens is 1. The molecule has 0 saturated carbocycles. The zero-order valence-corrected chi connectivity index (χ0v) is 11.4. The van der Waals surface area contributed by atoms with Crippen molar-refractivity contribution in [2.75, 3.05) is 12.4 Å². The molecule has 2 rings (SSSR count). The van der Waals surface area contributed by atoms with Gasteiger partial charge in [-0.05, 0) is 24.5 Å². The molecule has 1 aliphatic rings. The number of sulfonamides is 1. The second-order valence-electron chi connectivity index (χ2n) is 4.25. The molecule has 0 spiro atoms. The second-order valence-corrected chi connectivity index (χ2v) is 6.54. The standard InChI is InChI=1S/C11H15ClN2O3S/c12-10-4-9(5-13-7-10)6-14-18(15,16)8-11-2-1-3-17-11/h4-5,7,11,14H,1-3,6,8H2. The Balaban J connectivity index is 1.88. The quantitative estimate of drug-likeness (QED) is 0.888. The summed E-state index contributed by atoms with van der Waals surface area (Å²) in [5, 5.41) is 0.492. The van der Waals surface area contributed by atoms with Gasteiger partial charge in [-0.2, -0.15) is 0 Å². The van der Waals surface area contributed by atoms with E-state index in [9.17, 15) is 8.42 Å². The van der Waals surface area contributed by atoms with E-state index in [1.807, 2.05) is 0 Å². The van der Waals surface area contributed by atoms with Crippen molar-refractivity contribution in [3.05, 3.63) is 29.0 Å². The van der Waals surface area contributed by atoms with Gasteiger partial charge >= 0.3 is 0 Å². The molecule has 5 nitrogen and oxygen atoms in total. The molecule has 1 saturated heterocycles. The Morgan fingerprint density at radius 1 is 1.50 bits per heavy atom. The molecule has 1 aliphatic heterocycles. The van der Waals surface area contributed by atoms with Crippen molar-refractivity contribution in [2.45, 2.75) is 25.5 Å². The number of halogens is 1. The molecule has 1 unspecified atom stereocenters. The van der Waals surface area contributed by atoms with E-state index >= 15 is 0 Å². The number of pyridine rings is 1. The molecule has 0 aliphatic carbocycles. The number of ether oxygens (including phenoxy) is 1. The van der Waals surface area contributed by atoms with Crippen LogP contribution >= 0.6 is 11.6 Å². The van der Waals surface area contributed by atoms with Crippen LogP contribution in [0.1, 0.15) is 18.4 Å². The Morgan fingerprint density at radius 2 is 2.33 bits per heavy atom. The van der Waals surface area contributed by atoms with Crippen LogP contribution in [0.15, 0.2) is 18.5 Å². The minimum atomic E-state index is -3.32. The molecule has 18 heavy (non-hydrogen) atoms. The van der Waals surface area contributed by atoms with Gasteiger partial charge in [0, 0.05) is 25.5 Å². The van der Waals surface area contributed by atoms with Crippen molar-refractivity contribution in [1.82, 2.24) is 9.71 Å². The van der Waals surface area contributed by atoms with Gasteiger partial charge in [-0.1, -0.05) is 11.6 Å². The topological polar surface area (TPSA) is 68.3 Å². The number of nitrogens with one attached hydrogen (secondary N) is 1. The molecule has 0 bridgehead atoms. The molecule has 1 aromatic heterocycles. The summed E-state index contributed by atoms with van der Waals surface area (Å²) < 4.78 is 31.4. The van der Waals surface area contributed by atoms with E-state index in [0.29, 0.717) is 11.6 Å². The highest BCUT2D eigenvalue weighted by molar-refractivity contribution is 7.89. The van der Waals surface area contributed by atoms with E-state index in [1.54, 1.807) is 12.3 Å². The third-order valence-electron chi connectivity index (χ3n) is 2.69. The van der Waals surface area contributed by atoms with Crippen LogP contribution in [-0.4, -0.2) is 31.9 Å². The van der Waals surface area contributed by atoms with Gasteiger partial charge < -0.3 is 4.74 Å². The first kappa shape index (κ1) is 13.7. The van der Waals surface area contributed by atoms with Crippen LogP contribution in [0, 0.1) is 0 Å². The van der Waals surface area contributed by atoms with E-state index in [4.69, 9.17) is 16.3 Å². The van der Waals surface area contributed by atoms with Crippen molar-refractivity contribution in [3.8, 4) is 0 Å². The minimum absolute atomic E-state index is 0.0149. The summed E-state index contributed by atoms with van der Waals surface area (Å²) in [5.41, 5.74) is 0.735. The number of nitrogens with zero attached hydrogens (tertiary/aromatic N) is 1. The van der Waals surface area contributed by atoms with E-state index in [0.717, 1.165) is 18.4 Å². The van der Waals surface area contributed by atoms with Gasteiger partial charge in [0.1, 0.15) is 0 Å². The Bertz CT molecular complexity index is 501. The van der Waals surface area contributed by atoms with Gasteiger partial charge in [0.2, 0.25) is 10.0 Å². The Hall–Kier alpha value is -0.690. The highest BCUT2D eigenvalue weighted by atomic mass is 35.5. The van der Waals surface area contributed by atoms with Gasteiger partial charge in [-0.15, -0.1) is 0 Å². The summed E-state index contributed by atoms with van der Waals surface area (Å²) in [4.78, 5) is 3.90. The van der Waals surface area contributed by atoms with Crippen LogP contribution in [0.25, 0.3) is 0 Å². The molecule has 0 aromatic carbocycles. The molecule has 0 amide bonds. The first-order chi connectivity index (χ1) is 8.55. The largest absolute Gasteiger partial charge is 0.377 e. The van der Waals surface area contributed by atoms with Crippen molar-refractivity contribution in [1.29, 1.82) is 0 Å². The molecule has 100 valence electrons. The normalized spacial score (nSPS) is 20.2. The Kier molecular flexibility index (Phi) is 4.55. The fourth-order valence-electron chi connectivity index (χ4n) is 1.83. The molecule has 1 N–H and O–H groups in total. The first-order valence-corrected chi connectivity index (χ1v) is 7.76. The SMILES string of the molecule is O=S(=O)(CC1CCCO1)NCc1cncc(Cl)c1. The van der Waals surface area contributed by atoms with Crippen LogP contribution in [0.3, 0.4) is 0 Å². The molecule has 2 heterocycles. The summed E-state index contributed by atoms with van der Waals surface area (Å²) in [6.45, 7) is 0.848. The summed E-state index contributed by atoms with van der Waals surface area (Å²) >= 11 is 5.77. The van der Waals surface area contributed by atoms with Crippen LogP contribution in [0.4, 0.5) is 0 Å². The Morgan fingerprint density at radius 3 is 3.00 bits per heavy atom. The van der Waals surface area contributed by atoms with Gasteiger partial charge in [-0.3, -0.25) is 4.98 Å². The lowest BCUT2D eigenvalue weighted by molar-refractivity contribution is 0.127. The predicted molar refractivity (Wildman–Crippen MR) is 68.8 cm³/mol. The summed E-state index contributed by atoms with van der Waals surface area (Å²) in [7, 11) is -3.32. The predicted octanol–water partition coefficient (Wildman–Crippen LogP) is 1.33. The number of hydrogen-bond acceptors (Lipinski definition) is 4. The number of rotatable bonds is 5. The average Bonchev–Trinajstić information content (AvgIpc) is 2.79. The molecule has 0 radical (unpaired) electrons. The summed E-state index contributed by atoms with van der Waals surface area (Å²) in [6.07, 6.45) is 4.64. The lowest BCUT2D eigenvalue weighted by atomic mass is 10.3. The minimum Gasteiger partial charge on any atom is -0.377 e. The fraction of sp³-hybridized carbons (Fsp3) is 0.545. The maximum atomic E-state index is 11.8. The molecular formula is C11H15ClN2O3S. The summed E-state index contributed by atoms with van der Waals surface area (Å²) in [5.74, 6) is 0.0149. The van der Waals surface area contributed by atoms with Gasteiger partial charge in [-0.25, -0.2) is 13.1 Å². The lowest BCUT2D eigenvalue weighted by Crippen LogP contribution is -2.31. The van der Waals surface area contributed by atoms with Crippen molar-refractivity contribution in [3.63, 3.8) is 0 Å². The third-order valence-corrected chi connectivity index (χ3v) is 4.29. The Labute approximate surface area is 112 Å². The van der Waals surface area contributed by atoms with Crippen LogP contribution < -0.4 is 4.72 Å². The molecule has 7 heteroatoms. The third kappa shape index (κ3) is 4.20. The highest BCUT2D eigenvalue weighted by Crippen LogP contribution is 2.14. The summed E-state index contributed by atoms with van der Waals surface area (Å²) in [6, 6.07) is 1.68. The zero-order chi connectivity index (χ0) is 13.0. The molecule has 1 aromatic rings. The van der Waals surface area contributed by atoms with E-state index in [1.165, 1.54) is 6.20 Å². The van der Waals surface area contributed by atoms with Crippen molar-refractivity contribution in [2.24, 2.45) is 0 Å². The van der Waals surface area contributed by atoms with E-state index < -0.39 is 10.0 Å². The van der Waals surface area contributed by atoms with E-state index in [2.05, 4.69) is 9.71 Å².